The van der Waals surface area contributed by atoms with Gasteiger partial charge in [-0.15, -0.1) is 0 Å². The fourth-order valence-corrected chi connectivity index (χ4v) is 2.26. The van der Waals surface area contributed by atoms with Crippen molar-refractivity contribution in [2.24, 2.45) is 0 Å². The third-order valence-electron chi connectivity index (χ3n) is 3.28. The molecule has 0 spiro atoms. The first kappa shape index (κ1) is 13.1. The molecule has 2 rings (SSSR count). The van der Waals surface area contributed by atoms with Crippen molar-refractivity contribution in [3.8, 4) is 0 Å². The summed E-state index contributed by atoms with van der Waals surface area (Å²) in [5, 5.41) is 6.05. The Balaban J connectivity index is 1.97. The number of anilines is 1. The predicted molar refractivity (Wildman–Crippen MR) is 73.7 cm³/mol. The van der Waals surface area contributed by atoms with Crippen LogP contribution >= 0.6 is 0 Å². The second-order valence-electron chi connectivity index (χ2n) is 4.88. The summed E-state index contributed by atoms with van der Waals surface area (Å²) in [6, 6.07) is 6.36. The number of carbonyl (C=O) groups excluding carboxylic acids is 1. The first-order chi connectivity index (χ1) is 8.69. The Labute approximate surface area is 108 Å². The van der Waals surface area contributed by atoms with Crippen molar-refractivity contribution in [2.75, 3.05) is 32.6 Å². The van der Waals surface area contributed by atoms with Crippen LogP contribution in [-0.2, 0) is 17.6 Å². The fraction of sp³-hybridized carbons (Fsp3) is 0.500. The zero-order valence-corrected chi connectivity index (χ0v) is 11.1. The van der Waals surface area contributed by atoms with Crippen LogP contribution in [0.1, 0.15) is 17.5 Å². The molecule has 4 heteroatoms. The second kappa shape index (κ2) is 5.98. The number of hydrogen-bond acceptors (Lipinski definition) is 3. The van der Waals surface area contributed by atoms with E-state index in [-0.39, 0.29) is 5.91 Å². The summed E-state index contributed by atoms with van der Waals surface area (Å²) in [6.45, 7) is 1.94. The maximum Gasteiger partial charge on any atom is 0.224 e. The van der Waals surface area contributed by atoms with E-state index < -0.39 is 0 Å². The van der Waals surface area contributed by atoms with Crippen LogP contribution in [-0.4, -0.2) is 38.1 Å². The lowest BCUT2D eigenvalue weighted by Crippen LogP contribution is -2.30. The van der Waals surface area contributed by atoms with Crippen LogP contribution in [0.15, 0.2) is 18.2 Å². The van der Waals surface area contributed by atoms with Gasteiger partial charge in [0.25, 0.3) is 0 Å². The van der Waals surface area contributed by atoms with Crippen molar-refractivity contribution in [3.05, 3.63) is 29.3 Å². The molecular formula is C14H21N3O. The lowest BCUT2D eigenvalue weighted by Gasteiger charge is -2.19. The van der Waals surface area contributed by atoms with Crippen molar-refractivity contribution in [1.29, 1.82) is 0 Å². The van der Waals surface area contributed by atoms with E-state index in [0.29, 0.717) is 6.42 Å². The van der Waals surface area contributed by atoms with Gasteiger partial charge in [-0.25, -0.2) is 0 Å². The summed E-state index contributed by atoms with van der Waals surface area (Å²) < 4.78 is 0. The number of amides is 1. The van der Waals surface area contributed by atoms with Crippen LogP contribution in [0.2, 0.25) is 0 Å². The molecule has 4 nitrogen and oxygen atoms in total. The van der Waals surface area contributed by atoms with Crippen LogP contribution < -0.4 is 10.6 Å². The number of hydrogen-bond donors (Lipinski definition) is 2. The average Bonchev–Trinajstić information content (AvgIpc) is 2.36. The number of nitrogens with zero attached hydrogens (tertiary/aromatic N) is 1. The molecule has 1 aromatic carbocycles. The minimum absolute atomic E-state index is 0.129. The van der Waals surface area contributed by atoms with Gasteiger partial charge in [0.05, 0.1) is 0 Å². The number of fused-ring (bicyclic) bond motifs is 1. The molecule has 0 aromatic heterocycles. The van der Waals surface area contributed by atoms with Gasteiger partial charge in [-0.05, 0) is 44.1 Å². The van der Waals surface area contributed by atoms with Gasteiger partial charge in [-0.1, -0.05) is 12.1 Å². The highest BCUT2D eigenvalue weighted by atomic mass is 16.1. The standard InChI is InChI=1S/C14H21N3O/c1-15-10-17(2)8-7-11-3-5-13-12(9-11)4-6-14(18)16-13/h3,5,9,15H,4,6-8,10H2,1-2H3,(H,16,18). The molecule has 18 heavy (non-hydrogen) atoms. The molecule has 1 amide bonds. The van der Waals surface area contributed by atoms with Crippen LogP contribution in [0, 0.1) is 0 Å². The smallest absolute Gasteiger partial charge is 0.224 e. The number of carbonyl (C=O) groups is 1. The highest BCUT2D eigenvalue weighted by Crippen LogP contribution is 2.23. The Morgan fingerprint density at radius 3 is 3.00 bits per heavy atom. The minimum atomic E-state index is 0.129. The molecule has 1 aliphatic heterocycles. The van der Waals surface area contributed by atoms with E-state index in [1.165, 1.54) is 11.1 Å². The molecule has 1 heterocycles. The normalized spacial score (nSPS) is 14.5. The van der Waals surface area contributed by atoms with Crippen LogP contribution in [0.5, 0.6) is 0 Å². The molecule has 0 saturated carbocycles. The Morgan fingerprint density at radius 2 is 2.22 bits per heavy atom. The van der Waals surface area contributed by atoms with Gasteiger partial charge < -0.3 is 10.6 Å². The van der Waals surface area contributed by atoms with Crippen molar-refractivity contribution < 1.29 is 4.79 Å². The molecule has 1 aliphatic rings. The van der Waals surface area contributed by atoms with Gasteiger partial charge in [-0.3, -0.25) is 9.69 Å². The number of aryl methyl sites for hydroxylation is 1. The van der Waals surface area contributed by atoms with E-state index in [1.807, 2.05) is 13.1 Å². The van der Waals surface area contributed by atoms with E-state index in [2.05, 4.69) is 34.7 Å². The largest absolute Gasteiger partial charge is 0.326 e. The Bertz CT molecular complexity index is 431. The molecule has 1 aromatic rings. The minimum Gasteiger partial charge on any atom is -0.326 e. The maximum absolute atomic E-state index is 11.3. The summed E-state index contributed by atoms with van der Waals surface area (Å²) in [5.41, 5.74) is 3.59. The SMILES string of the molecule is CNCN(C)CCc1ccc2c(c1)CCC(=O)N2. The number of benzene rings is 1. The van der Waals surface area contributed by atoms with Gasteiger partial charge >= 0.3 is 0 Å². The fourth-order valence-electron chi connectivity index (χ4n) is 2.26. The number of nitrogens with one attached hydrogen (secondary N) is 2. The third kappa shape index (κ3) is 3.31. The topological polar surface area (TPSA) is 44.4 Å². The Kier molecular flexibility index (Phi) is 4.33. The zero-order chi connectivity index (χ0) is 13.0. The van der Waals surface area contributed by atoms with Crippen LogP contribution in [0.4, 0.5) is 5.69 Å². The highest BCUT2D eigenvalue weighted by Gasteiger charge is 2.14. The van der Waals surface area contributed by atoms with Gasteiger partial charge in [0.15, 0.2) is 0 Å². The Hall–Kier alpha value is -1.39. The van der Waals surface area contributed by atoms with Gasteiger partial charge in [0, 0.05) is 25.3 Å². The van der Waals surface area contributed by atoms with E-state index in [4.69, 9.17) is 0 Å². The van der Waals surface area contributed by atoms with E-state index in [9.17, 15) is 4.79 Å². The van der Waals surface area contributed by atoms with Crippen molar-refractivity contribution in [2.45, 2.75) is 19.3 Å². The summed E-state index contributed by atoms with van der Waals surface area (Å²) in [7, 11) is 4.06. The predicted octanol–water partition coefficient (Wildman–Crippen LogP) is 1.22. The summed E-state index contributed by atoms with van der Waals surface area (Å²) in [4.78, 5) is 13.5. The molecule has 98 valence electrons. The highest BCUT2D eigenvalue weighted by molar-refractivity contribution is 5.93. The molecule has 0 bridgehead atoms. The first-order valence-corrected chi connectivity index (χ1v) is 6.44. The second-order valence-corrected chi connectivity index (χ2v) is 4.88. The van der Waals surface area contributed by atoms with E-state index in [0.717, 1.165) is 31.7 Å². The van der Waals surface area contributed by atoms with Crippen molar-refractivity contribution >= 4 is 11.6 Å². The summed E-state index contributed by atoms with van der Waals surface area (Å²) >= 11 is 0. The molecule has 0 radical (unpaired) electrons. The third-order valence-corrected chi connectivity index (χ3v) is 3.28. The molecule has 0 unspecified atom stereocenters. The number of rotatable bonds is 5. The van der Waals surface area contributed by atoms with Crippen LogP contribution in [0.25, 0.3) is 0 Å². The molecule has 0 saturated heterocycles. The molecule has 2 N–H and O–H groups in total. The van der Waals surface area contributed by atoms with Crippen molar-refractivity contribution in [3.63, 3.8) is 0 Å². The number of likely N-dealkylation sites (N-methyl/N-ethyl adjacent to an activating group) is 1. The lowest BCUT2D eigenvalue weighted by molar-refractivity contribution is -0.116. The van der Waals surface area contributed by atoms with Crippen molar-refractivity contribution in [1.82, 2.24) is 10.2 Å². The summed E-state index contributed by atoms with van der Waals surface area (Å²) in [6.07, 6.45) is 2.51. The quantitative estimate of drug-likeness (QED) is 0.769. The van der Waals surface area contributed by atoms with E-state index in [1.54, 1.807) is 0 Å². The molecule has 0 atom stereocenters. The van der Waals surface area contributed by atoms with Gasteiger partial charge in [-0.2, -0.15) is 0 Å². The monoisotopic (exact) mass is 247 g/mol. The van der Waals surface area contributed by atoms with Gasteiger partial charge in [0.2, 0.25) is 5.91 Å². The van der Waals surface area contributed by atoms with Crippen LogP contribution in [0.3, 0.4) is 0 Å². The average molecular weight is 247 g/mol. The molecular weight excluding hydrogens is 226 g/mol. The Morgan fingerprint density at radius 1 is 1.39 bits per heavy atom. The molecule has 0 aliphatic carbocycles. The zero-order valence-electron chi connectivity index (χ0n) is 11.1. The first-order valence-electron chi connectivity index (χ1n) is 6.44. The molecule has 0 fully saturated rings. The van der Waals surface area contributed by atoms with Gasteiger partial charge in [0.1, 0.15) is 0 Å². The summed E-state index contributed by atoms with van der Waals surface area (Å²) in [5.74, 6) is 0.129. The maximum atomic E-state index is 11.3. The van der Waals surface area contributed by atoms with E-state index >= 15 is 0 Å². The lowest BCUT2D eigenvalue weighted by atomic mass is 9.99.